The molecule has 1 aliphatic heterocycles. The number of ether oxygens (including phenoxy) is 1. The van der Waals surface area contributed by atoms with Gasteiger partial charge in [0.05, 0.1) is 5.60 Å². The Labute approximate surface area is 128 Å². The lowest BCUT2D eigenvalue weighted by molar-refractivity contribution is -0.0866. The Morgan fingerprint density at radius 3 is 2.80 bits per heavy atom. The van der Waals surface area contributed by atoms with Crippen LogP contribution in [0.2, 0.25) is 0 Å². The molecule has 20 heavy (non-hydrogen) atoms. The maximum atomic E-state index is 12.7. The number of nitrogens with two attached hydrogens (primary N) is 1. The summed E-state index contributed by atoms with van der Waals surface area (Å²) in [5.41, 5.74) is 7.19. The molecule has 2 fully saturated rings. The molecule has 2 aliphatic rings. The van der Waals surface area contributed by atoms with Gasteiger partial charge in [-0.3, -0.25) is 4.79 Å². The van der Waals surface area contributed by atoms with Gasteiger partial charge in [-0.15, -0.1) is 0 Å². The number of halogens is 1. The van der Waals surface area contributed by atoms with Crippen LogP contribution in [0.5, 0.6) is 0 Å². The molecule has 1 aromatic carbocycles. The van der Waals surface area contributed by atoms with Crippen LogP contribution in [0.1, 0.15) is 48.9 Å². The van der Waals surface area contributed by atoms with Gasteiger partial charge in [0.1, 0.15) is 0 Å². The molecule has 1 heterocycles. The molecule has 1 aromatic rings. The molecule has 0 aromatic heterocycles. The molecule has 1 aliphatic carbocycles. The molecule has 1 saturated heterocycles. The topological polar surface area (TPSA) is 52.3 Å². The van der Waals surface area contributed by atoms with Gasteiger partial charge < -0.3 is 10.5 Å². The quantitative estimate of drug-likeness (QED) is 0.656. The van der Waals surface area contributed by atoms with Gasteiger partial charge in [-0.1, -0.05) is 28.8 Å². The third-order valence-electron chi connectivity index (χ3n) is 4.66. The number of rotatable bonds is 2. The van der Waals surface area contributed by atoms with E-state index >= 15 is 0 Å². The van der Waals surface area contributed by atoms with Crippen LogP contribution in [0.3, 0.4) is 0 Å². The fourth-order valence-corrected chi connectivity index (χ4v) is 3.98. The van der Waals surface area contributed by atoms with Crippen LogP contribution < -0.4 is 5.73 Å². The highest BCUT2D eigenvalue weighted by Gasteiger charge is 2.42. The summed E-state index contributed by atoms with van der Waals surface area (Å²) < 4.78 is 6.91. The van der Waals surface area contributed by atoms with Crippen molar-refractivity contribution in [3.8, 4) is 0 Å². The van der Waals surface area contributed by atoms with Crippen LogP contribution in [0.25, 0.3) is 0 Å². The second-order valence-electron chi connectivity index (χ2n) is 6.02. The van der Waals surface area contributed by atoms with Crippen molar-refractivity contribution in [1.82, 2.24) is 0 Å². The van der Waals surface area contributed by atoms with Crippen LogP contribution in [0.15, 0.2) is 22.7 Å². The second kappa shape index (κ2) is 5.49. The highest BCUT2D eigenvalue weighted by atomic mass is 79.9. The van der Waals surface area contributed by atoms with E-state index in [1.165, 1.54) is 12.8 Å². The van der Waals surface area contributed by atoms with E-state index in [1.54, 1.807) is 6.07 Å². The van der Waals surface area contributed by atoms with E-state index in [0.717, 1.165) is 30.2 Å². The minimum Gasteiger partial charge on any atom is -0.398 e. The Morgan fingerprint density at radius 1 is 1.35 bits per heavy atom. The molecular formula is C16H20BrNO2. The number of carbonyl (C=O) groups is 1. The van der Waals surface area contributed by atoms with Crippen LogP contribution >= 0.6 is 15.9 Å². The van der Waals surface area contributed by atoms with E-state index in [-0.39, 0.29) is 17.3 Å². The molecule has 0 radical (unpaired) electrons. The zero-order chi connectivity index (χ0) is 14.2. The van der Waals surface area contributed by atoms with Crippen molar-refractivity contribution < 1.29 is 9.53 Å². The van der Waals surface area contributed by atoms with Crippen molar-refractivity contribution in [1.29, 1.82) is 0 Å². The third-order valence-corrected chi connectivity index (χ3v) is 5.15. The van der Waals surface area contributed by atoms with E-state index in [2.05, 4.69) is 15.9 Å². The highest BCUT2D eigenvalue weighted by molar-refractivity contribution is 9.10. The molecule has 3 rings (SSSR count). The first-order valence-electron chi connectivity index (χ1n) is 7.33. The minimum atomic E-state index is -0.0251. The van der Waals surface area contributed by atoms with E-state index in [9.17, 15) is 4.79 Å². The summed E-state index contributed by atoms with van der Waals surface area (Å²) in [4.78, 5) is 12.7. The Bertz CT molecular complexity index is 523. The molecule has 0 bridgehead atoms. The lowest BCUT2D eigenvalue weighted by Crippen LogP contribution is -2.39. The molecule has 1 atom stereocenters. The van der Waals surface area contributed by atoms with Crippen molar-refractivity contribution in [2.75, 3.05) is 12.3 Å². The van der Waals surface area contributed by atoms with Gasteiger partial charge in [0.25, 0.3) is 0 Å². The minimum absolute atomic E-state index is 0.0251. The number of anilines is 1. The van der Waals surface area contributed by atoms with Crippen LogP contribution in [-0.2, 0) is 4.74 Å². The first kappa shape index (κ1) is 14.1. The summed E-state index contributed by atoms with van der Waals surface area (Å²) in [6, 6.07) is 5.52. The van der Waals surface area contributed by atoms with Gasteiger partial charge in [-0.25, -0.2) is 0 Å². The standard InChI is InChI=1S/C16H20BrNO2/c17-12-3-4-13(14(18)9-12)15(19)11-5-8-20-16(10-11)6-1-2-7-16/h3-4,9,11H,1-2,5-8,10,18H2. The number of hydrogen-bond acceptors (Lipinski definition) is 3. The lowest BCUT2D eigenvalue weighted by Gasteiger charge is -2.37. The average Bonchev–Trinajstić information content (AvgIpc) is 2.86. The Kier molecular flexibility index (Phi) is 3.87. The van der Waals surface area contributed by atoms with E-state index in [1.807, 2.05) is 12.1 Å². The smallest absolute Gasteiger partial charge is 0.168 e. The molecule has 1 saturated carbocycles. The summed E-state index contributed by atoms with van der Waals surface area (Å²) in [6.07, 6.45) is 6.33. The van der Waals surface area contributed by atoms with Crippen molar-refractivity contribution in [2.24, 2.45) is 5.92 Å². The Balaban J connectivity index is 1.79. The number of ketones is 1. The fourth-order valence-electron chi connectivity index (χ4n) is 3.60. The lowest BCUT2D eigenvalue weighted by atomic mass is 9.80. The maximum absolute atomic E-state index is 12.7. The van der Waals surface area contributed by atoms with Crippen LogP contribution in [-0.4, -0.2) is 18.0 Å². The molecule has 1 spiro atoms. The fraction of sp³-hybridized carbons (Fsp3) is 0.562. The first-order valence-corrected chi connectivity index (χ1v) is 8.12. The molecule has 4 heteroatoms. The van der Waals surface area contributed by atoms with E-state index < -0.39 is 0 Å². The molecule has 1 unspecified atom stereocenters. The number of nitrogen functional groups attached to an aromatic ring is 1. The van der Waals surface area contributed by atoms with Crippen molar-refractivity contribution >= 4 is 27.4 Å². The second-order valence-corrected chi connectivity index (χ2v) is 6.94. The SMILES string of the molecule is Nc1cc(Br)ccc1C(=O)C1CCOC2(CCCC2)C1. The van der Waals surface area contributed by atoms with Crippen molar-refractivity contribution in [2.45, 2.75) is 44.1 Å². The summed E-state index contributed by atoms with van der Waals surface area (Å²) in [6.45, 7) is 0.701. The molecular weight excluding hydrogens is 318 g/mol. The van der Waals surface area contributed by atoms with Crippen molar-refractivity contribution in [3.63, 3.8) is 0 Å². The summed E-state index contributed by atoms with van der Waals surface area (Å²) in [7, 11) is 0. The monoisotopic (exact) mass is 337 g/mol. The summed E-state index contributed by atoms with van der Waals surface area (Å²) in [5, 5.41) is 0. The number of benzene rings is 1. The van der Waals surface area contributed by atoms with Gasteiger partial charge >= 0.3 is 0 Å². The highest BCUT2D eigenvalue weighted by Crippen LogP contribution is 2.43. The number of hydrogen-bond donors (Lipinski definition) is 1. The first-order chi connectivity index (χ1) is 9.60. The Morgan fingerprint density at radius 2 is 2.10 bits per heavy atom. The zero-order valence-electron chi connectivity index (χ0n) is 11.5. The Hall–Kier alpha value is -0.870. The molecule has 2 N–H and O–H groups in total. The van der Waals surface area contributed by atoms with E-state index in [0.29, 0.717) is 17.9 Å². The van der Waals surface area contributed by atoms with Crippen LogP contribution in [0.4, 0.5) is 5.69 Å². The third kappa shape index (κ3) is 2.63. The number of carbonyl (C=O) groups excluding carboxylic acids is 1. The predicted octanol–water partition coefficient (Wildman–Crippen LogP) is 3.95. The number of Topliss-reactive ketones (excluding diaryl/α,β-unsaturated/α-hetero) is 1. The average molecular weight is 338 g/mol. The predicted molar refractivity (Wildman–Crippen MR) is 82.8 cm³/mol. The normalized spacial score (nSPS) is 24.9. The molecule has 3 nitrogen and oxygen atoms in total. The van der Waals surface area contributed by atoms with E-state index in [4.69, 9.17) is 10.5 Å². The maximum Gasteiger partial charge on any atom is 0.168 e. The largest absolute Gasteiger partial charge is 0.398 e. The zero-order valence-corrected chi connectivity index (χ0v) is 13.1. The van der Waals surface area contributed by atoms with Gasteiger partial charge in [0, 0.05) is 28.2 Å². The summed E-state index contributed by atoms with van der Waals surface area (Å²) in [5.74, 6) is 0.245. The van der Waals surface area contributed by atoms with Gasteiger partial charge in [-0.05, 0) is 43.9 Å². The van der Waals surface area contributed by atoms with Gasteiger partial charge in [0.2, 0.25) is 0 Å². The molecule has 0 amide bonds. The van der Waals surface area contributed by atoms with Gasteiger partial charge in [0.15, 0.2) is 5.78 Å². The van der Waals surface area contributed by atoms with Gasteiger partial charge in [-0.2, -0.15) is 0 Å². The van der Waals surface area contributed by atoms with Crippen molar-refractivity contribution in [3.05, 3.63) is 28.2 Å². The molecule has 108 valence electrons. The van der Waals surface area contributed by atoms with Crippen LogP contribution in [0, 0.1) is 5.92 Å². The summed E-state index contributed by atoms with van der Waals surface area (Å²) >= 11 is 3.38.